The maximum Gasteiger partial charge on any atom is 0.253 e. The lowest BCUT2D eigenvalue weighted by Crippen LogP contribution is -2.21. The molecule has 4 heteroatoms. The smallest absolute Gasteiger partial charge is 0.253 e. The first-order chi connectivity index (χ1) is 10.9. The van der Waals surface area contributed by atoms with Crippen molar-refractivity contribution < 1.29 is 14.3 Å². The molecule has 4 nitrogen and oxygen atoms in total. The Labute approximate surface area is 142 Å². The molecule has 1 rings (SSSR count). The van der Waals surface area contributed by atoms with E-state index >= 15 is 0 Å². The first-order valence-corrected chi connectivity index (χ1v) is 8.44. The molecule has 1 aromatic carbocycles. The highest BCUT2D eigenvalue weighted by molar-refractivity contribution is 5.93. The monoisotopic (exact) mass is 325 g/mol. The van der Waals surface area contributed by atoms with Gasteiger partial charge in [0.25, 0.3) is 5.91 Å². The number of amides is 1. The number of unbranched alkanes of at least 4 members (excludes halogenated alkanes) is 1. The van der Waals surface area contributed by atoms with Crippen LogP contribution in [0.4, 0.5) is 0 Å². The third-order valence-corrected chi connectivity index (χ3v) is 2.73. The van der Waals surface area contributed by atoms with Gasteiger partial charge in [-0.3, -0.25) is 4.79 Å². The van der Waals surface area contributed by atoms with Crippen LogP contribution in [-0.4, -0.2) is 44.4 Å². The predicted molar refractivity (Wildman–Crippen MR) is 97.8 cm³/mol. The van der Waals surface area contributed by atoms with Crippen molar-refractivity contribution in [2.45, 2.75) is 53.8 Å². The molecule has 1 aromatic rings. The molecule has 0 unspecified atom stereocenters. The van der Waals surface area contributed by atoms with Crippen LogP contribution in [0.5, 0.6) is 0 Å². The molecule has 0 atom stereocenters. The lowest BCUT2D eigenvalue weighted by atomic mass is 10.2. The van der Waals surface area contributed by atoms with E-state index < -0.39 is 0 Å². The molecule has 0 N–H and O–H groups in total. The summed E-state index contributed by atoms with van der Waals surface area (Å²) in [6, 6.07) is 9.23. The summed E-state index contributed by atoms with van der Waals surface area (Å²) in [5, 5.41) is 0. The Balaban J connectivity index is 0. The molecule has 1 amide bonds. The standard InChI is InChI=1S/C9H11NO.C6H14O2.C4H10/c1-10(2)9(11)8-6-4-3-5-7-8;1-4-7-6(3)8-5-2;1-3-4-2/h3-7H,1-2H3;6H,4-5H2,1-3H3;3-4H2,1-2H3. The predicted octanol–water partition coefficient (Wildman–Crippen LogP) is 4.60. The zero-order chi connectivity index (χ0) is 18.1. The van der Waals surface area contributed by atoms with Crippen LogP contribution in [0, 0.1) is 0 Å². The molecule has 23 heavy (non-hydrogen) atoms. The van der Waals surface area contributed by atoms with Crippen molar-refractivity contribution in [2.24, 2.45) is 0 Å². The van der Waals surface area contributed by atoms with Crippen molar-refractivity contribution >= 4 is 5.91 Å². The van der Waals surface area contributed by atoms with Crippen LogP contribution >= 0.6 is 0 Å². The second-order valence-electron chi connectivity index (χ2n) is 5.04. The molecule has 134 valence electrons. The fourth-order valence-electron chi connectivity index (χ4n) is 1.36. The molecule has 0 spiro atoms. The number of carbonyl (C=O) groups excluding carboxylic acids is 1. The van der Waals surface area contributed by atoms with Crippen LogP contribution in [-0.2, 0) is 9.47 Å². The van der Waals surface area contributed by atoms with E-state index in [0.29, 0.717) is 0 Å². The van der Waals surface area contributed by atoms with Gasteiger partial charge in [-0.25, -0.2) is 0 Å². The van der Waals surface area contributed by atoms with Crippen LogP contribution in [0.15, 0.2) is 30.3 Å². The molecule has 0 aliphatic carbocycles. The molecule has 0 aliphatic rings. The van der Waals surface area contributed by atoms with E-state index in [9.17, 15) is 4.79 Å². The molecule has 0 heterocycles. The minimum Gasteiger partial charge on any atom is -0.353 e. The highest BCUT2D eigenvalue weighted by Crippen LogP contribution is 2.00. The Hall–Kier alpha value is -1.39. The van der Waals surface area contributed by atoms with Crippen molar-refractivity contribution in [3.63, 3.8) is 0 Å². The van der Waals surface area contributed by atoms with Gasteiger partial charge in [0.05, 0.1) is 0 Å². The van der Waals surface area contributed by atoms with Crippen molar-refractivity contribution in [1.29, 1.82) is 0 Å². The molecular weight excluding hydrogens is 290 g/mol. The van der Waals surface area contributed by atoms with Gasteiger partial charge in [-0.2, -0.15) is 0 Å². The second kappa shape index (κ2) is 17.0. The Morgan fingerprint density at radius 2 is 1.39 bits per heavy atom. The summed E-state index contributed by atoms with van der Waals surface area (Å²) in [6.45, 7) is 11.6. The van der Waals surface area contributed by atoms with Crippen LogP contribution in [0.25, 0.3) is 0 Å². The number of ether oxygens (including phenoxy) is 2. The number of hydrogen-bond donors (Lipinski definition) is 0. The van der Waals surface area contributed by atoms with Gasteiger partial charge >= 0.3 is 0 Å². The number of rotatable bonds is 6. The van der Waals surface area contributed by atoms with Crippen LogP contribution < -0.4 is 0 Å². The van der Waals surface area contributed by atoms with E-state index in [1.807, 2.05) is 51.1 Å². The average molecular weight is 325 g/mol. The van der Waals surface area contributed by atoms with E-state index in [1.165, 1.54) is 12.8 Å². The molecule has 0 aliphatic heterocycles. The lowest BCUT2D eigenvalue weighted by Gasteiger charge is -2.09. The summed E-state index contributed by atoms with van der Waals surface area (Å²) in [4.78, 5) is 12.8. The number of nitrogens with zero attached hydrogens (tertiary/aromatic N) is 1. The van der Waals surface area contributed by atoms with Gasteiger partial charge in [-0.05, 0) is 32.9 Å². The fraction of sp³-hybridized carbons (Fsp3) is 0.632. The summed E-state index contributed by atoms with van der Waals surface area (Å²) in [6.07, 6.45) is 2.60. The summed E-state index contributed by atoms with van der Waals surface area (Å²) in [7, 11) is 3.49. The molecule has 0 bridgehead atoms. The van der Waals surface area contributed by atoms with Crippen molar-refractivity contribution in [3.8, 4) is 0 Å². The third-order valence-electron chi connectivity index (χ3n) is 2.73. The molecule has 0 aromatic heterocycles. The SMILES string of the molecule is CCCC.CCOC(C)OCC.CN(C)C(=O)c1ccccc1. The van der Waals surface area contributed by atoms with Gasteiger partial charge in [0.2, 0.25) is 0 Å². The Kier molecular flexibility index (Phi) is 17.6. The van der Waals surface area contributed by atoms with Gasteiger partial charge in [0.1, 0.15) is 0 Å². The van der Waals surface area contributed by atoms with Gasteiger partial charge in [-0.15, -0.1) is 0 Å². The van der Waals surface area contributed by atoms with Crippen molar-refractivity contribution in [1.82, 2.24) is 4.90 Å². The maximum absolute atomic E-state index is 11.3. The average Bonchev–Trinajstić information content (AvgIpc) is 2.56. The van der Waals surface area contributed by atoms with Gasteiger partial charge in [0, 0.05) is 32.9 Å². The normalized spacial score (nSPS) is 9.39. The minimum absolute atomic E-state index is 0.0370. The van der Waals surface area contributed by atoms with Crippen LogP contribution in [0.1, 0.15) is 57.8 Å². The summed E-state index contributed by atoms with van der Waals surface area (Å²) in [5.41, 5.74) is 0.734. The summed E-state index contributed by atoms with van der Waals surface area (Å²) < 4.78 is 10.1. The molecule has 0 saturated carbocycles. The van der Waals surface area contributed by atoms with E-state index in [0.717, 1.165) is 18.8 Å². The largest absolute Gasteiger partial charge is 0.353 e. The highest BCUT2D eigenvalue weighted by Gasteiger charge is 2.04. The zero-order valence-corrected chi connectivity index (χ0v) is 16.0. The lowest BCUT2D eigenvalue weighted by molar-refractivity contribution is -0.123. The van der Waals surface area contributed by atoms with Gasteiger partial charge in [-0.1, -0.05) is 44.9 Å². The third kappa shape index (κ3) is 15.3. The number of hydrogen-bond acceptors (Lipinski definition) is 3. The zero-order valence-electron chi connectivity index (χ0n) is 16.0. The molecule has 0 saturated heterocycles. The topological polar surface area (TPSA) is 38.8 Å². The Bertz CT molecular complexity index is 358. The molecule has 0 fully saturated rings. The fourth-order valence-corrected chi connectivity index (χ4v) is 1.36. The first-order valence-electron chi connectivity index (χ1n) is 8.44. The van der Waals surface area contributed by atoms with Crippen LogP contribution in [0.2, 0.25) is 0 Å². The quantitative estimate of drug-likeness (QED) is 0.717. The Morgan fingerprint density at radius 3 is 1.70 bits per heavy atom. The van der Waals surface area contributed by atoms with E-state index in [4.69, 9.17) is 9.47 Å². The van der Waals surface area contributed by atoms with E-state index in [2.05, 4.69) is 13.8 Å². The Morgan fingerprint density at radius 1 is 0.957 bits per heavy atom. The van der Waals surface area contributed by atoms with Crippen LogP contribution in [0.3, 0.4) is 0 Å². The van der Waals surface area contributed by atoms with Gasteiger partial charge in [0.15, 0.2) is 6.29 Å². The first kappa shape index (κ1) is 23.9. The number of benzene rings is 1. The minimum atomic E-state index is -0.0370. The van der Waals surface area contributed by atoms with E-state index in [1.54, 1.807) is 19.0 Å². The van der Waals surface area contributed by atoms with E-state index in [-0.39, 0.29) is 12.2 Å². The highest BCUT2D eigenvalue weighted by atomic mass is 16.7. The van der Waals surface area contributed by atoms with Gasteiger partial charge < -0.3 is 14.4 Å². The number of carbonyl (C=O) groups is 1. The molecule has 0 radical (unpaired) electrons. The van der Waals surface area contributed by atoms with Crippen molar-refractivity contribution in [2.75, 3.05) is 27.3 Å². The second-order valence-corrected chi connectivity index (χ2v) is 5.04. The van der Waals surface area contributed by atoms with Crippen molar-refractivity contribution in [3.05, 3.63) is 35.9 Å². The summed E-state index contributed by atoms with van der Waals surface area (Å²) in [5.74, 6) is 0.0469. The summed E-state index contributed by atoms with van der Waals surface area (Å²) >= 11 is 0. The maximum atomic E-state index is 11.3. The molecular formula is C19H35NO3.